The highest BCUT2D eigenvalue weighted by Gasteiger charge is 2.20. The Labute approximate surface area is 102 Å². The van der Waals surface area contributed by atoms with Gasteiger partial charge in [-0.05, 0) is 26.3 Å². The third-order valence-electron chi connectivity index (χ3n) is 3.46. The molecule has 1 atom stereocenters. The molecule has 2 rings (SSSR count). The summed E-state index contributed by atoms with van der Waals surface area (Å²) in [6, 6.07) is 0. The molecule has 1 aliphatic heterocycles. The summed E-state index contributed by atoms with van der Waals surface area (Å²) in [5.74, 6) is 0.279. The van der Waals surface area contributed by atoms with E-state index in [1.54, 1.807) is 0 Å². The van der Waals surface area contributed by atoms with Crippen molar-refractivity contribution in [1.29, 1.82) is 0 Å². The van der Waals surface area contributed by atoms with E-state index in [0.29, 0.717) is 6.54 Å². The second-order valence-electron chi connectivity index (χ2n) is 4.64. The Kier molecular flexibility index (Phi) is 3.78. The summed E-state index contributed by atoms with van der Waals surface area (Å²) in [4.78, 5) is 11.9. The molecule has 1 saturated heterocycles. The first-order valence-corrected chi connectivity index (χ1v) is 6.14. The first-order chi connectivity index (χ1) is 8.18. The lowest BCUT2D eigenvalue weighted by atomic mass is 9.99. The van der Waals surface area contributed by atoms with Crippen molar-refractivity contribution in [2.24, 2.45) is 13.0 Å². The van der Waals surface area contributed by atoms with E-state index >= 15 is 0 Å². The van der Waals surface area contributed by atoms with Crippen molar-refractivity contribution in [2.45, 2.75) is 26.3 Å². The van der Waals surface area contributed by atoms with Crippen molar-refractivity contribution in [3.63, 3.8) is 0 Å². The molecule has 5 heteroatoms. The summed E-state index contributed by atoms with van der Waals surface area (Å²) in [7, 11) is 1.91. The Hall–Kier alpha value is -1.36. The summed E-state index contributed by atoms with van der Waals surface area (Å²) in [6.45, 7) is 4.43. The molecule has 1 fully saturated rings. The number of nitrogens with one attached hydrogen (secondary N) is 2. The molecule has 0 saturated carbocycles. The molecule has 2 N–H and O–H groups in total. The maximum absolute atomic E-state index is 11.9. The molecule has 1 aromatic heterocycles. The standard InChI is InChI=1S/C12H20N4O/c1-9-11(8-15-16(9)2)7-14-12(17)10-4-3-5-13-6-10/h8,10,13H,3-7H2,1-2H3,(H,14,17)/t10-/m0/s1. The monoisotopic (exact) mass is 236 g/mol. The minimum Gasteiger partial charge on any atom is -0.352 e. The van der Waals surface area contributed by atoms with Crippen LogP contribution in [0.4, 0.5) is 0 Å². The highest BCUT2D eigenvalue weighted by Crippen LogP contribution is 2.11. The Morgan fingerprint density at radius 3 is 3.12 bits per heavy atom. The fraction of sp³-hybridized carbons (Fsp3) is 0.667. The van der Waals surface area contributed by atoms with Crippen LogP contribution in [-0.2, 0) is 18.4 Å². The number of aryl methyl sites for hydroxylation is 1. The van der Waals surface area contributed by atoms with Crippen LogP contribution in [0.3, 0.4) is 0 Å². The van der Waals surface area contributed by atoms with Gasteiger partial charge in [0.15, 0.2) is 0 Å². The van der Waals surface area contributed by atoms with Crippen LogP contribution in [0.5, 0.6) is 0 Å². The molecular weight excluding hydrogens is 216 g/mol. The summed E-state index contributed by atoms with van der Waals surface area (Å²) >= 11 is 0. The SMILES string of the molecule is Cc1c(CNC(=O)[C@H]2CCCNC2)cnn1C. The first kappa shape index (κ1) is 12.1. The molecule has 1 aliphatic rings. The van der Waals surface area contributed by atoms with Gasteiger partial charge in [-0.3, -0.25) is 9.48 Å². The Morgan fingerprint density at radius 2 is 2.53 bits per heavy atom. The quantitative estimate of drug-likeness (QED) is 0.796. The molecule has 5 nitrogen and oxygen atoms in total. The van der Waals surface area contributed by atoms with Crippen LogP contribution in [-0.4, -0.2) is 28.8 Å². The number of hydrogen-bond donors (Lipinski definition) is 2. The van der Waals surface area contributed by atoms with Gasteiger partial charge in [0, 0.05) is 31.4 Å². The van der Waals surface area contributed by atoms with E-state index in [-0.39, 0.29) is 11.8 Å². The number of amides is 1. The highest BCUT2D eigenvalue weighted by atomic mass is 16.1. The van der Waals surface area contributed by atoms with E-state index in [9.17, 15) is 4.79 Å². The predicted molar refractivity (Wildman–Crippen MR) is 65.4 cm³/mol. The Bertz CT molecular complexity index is 393. The van der Waals surface area contributed by atoms with Gasteiger partial charge in [-0.2, -0.15) is 5.10 Å². The predicted octanol–water partition coefficient (Wildman–Crippen LogP) is 0.344. The average Bonchev–Trinajstić information content (AvgIpc) is 2.68. The topological polar surface area (TPSA) is 59.0 Å². The smallest absolute Gasteiger partial charge is 0.224 e. The number of hydrogen-bond acceptors (Lipinski definition) is 3. The van der Waals surface area contributed by atoms with Crippen LogP contribution >= 0.6 is 0 Å². The Morgan fingerprint density at radius 1 is 1.71 bits per heavy atom. The second-order valence-corrected chi connectivity index (χ2v) is 4.64. The number of carbonyl (C=O) groups is 1. The van der Waals surface area contributed by atoms with Gasteiger partial charge in [0.1, 0.15) is 0 Å². The van der Waals surface area contributed by atoms with Gasteiger partial charge in [0.25, 0.3) is 0 Å². The summed E-state index contributed by atoms with van der Waals surface area (Å²) in [5.41, 5.74) is 2.19. The van der Waals surface area contributed by atoms with Gasteiger partial charge < -0.3 is 10.6 Å². The fourth-order valence-electron chi connectivity index (χ4n) is 2.12. The van der Waals surface area contributed by atoms with Crippen LogP contribution < -0.4 is 10.6 Å². The van der Waals surface area contributed by atoms with Crippen LogP contribution in [0.1, 0.15) is 24.1 Å². The molecule has 0 bridgehead atoms. The average molecular weight is 236 g/mol. The Balaban J connectivity index is 1.85. The lowest BCUT2D eigenvalue weighted by Crippen LogP contribution is -2.40. The minimum atomic E-state index is 0.126. The number of rotatable bonds is 3. The number of piperidine rings is 1. The summed E-state index contributed by atoms with van der Waals surface area (Å²) < 4.78 is 1.82. The van der Waals surface area contributed by atoms with Gasteiger partial charge in [-0.25, -0.2) is 0 Å². The zero-order valence-electron chi connectivity index (χ0n) is 10.5. The van der Waals surface area contributed by atoms with Crippen molar-refractivity contribution in [3.05, 3.63) is 17.5 Å². The highest BCUT2D eigenvalue weighted by molar-refractivity contribution is 5.78. The zero-order chi connectivity index (χ0) is 12.3. The zero-order valence-corrected chi connectivity index (χ0v) is 10.5. The van der Waals surface area contributed by atoms with Crippen molar-refractivity contribution < 1.29 is 4.79 Å². The number of carbonyl (C=O) groups excluding carboxylic acids is 1. The van der Waals surface area contributed by atoms with Crippen LogP contribution in [0.15, 0.2) is 6.20 Å². The van der Waals surface area contributed by atoms with Crippen LogP contribution in [0.25, 0.3) is 0 Å². The summed E-state index contributed by atoms with van der Waals surface area (Å²) in [5, 5.41) is 10.4. The fourth-order valence-corrected chi connectivity index (χ4v) is 2.12. The van der Waals surface area contributed by atoms with Crippen LogP contribution in [0, 0.1) is 12.8 Å². The molecule has 94 valence electrons. The third kappa shape index (κ3) is 2.85. The van der Waals surface area contributed by atoms with E-state index in [1.807, 2.05) is 24.9 Å². The molecule has 1 amide bonds. The van der Waals surface area contributed by atoms with Gasteiger partial charge >= 0.3 is 0 Å². The number of nitrogens with zero attached hydrogens (tertiary/aromatic N) is 2. The lowest BCUT2D eigenvalue weighted by molar-refractivity contribution is -0.125. The maximum Gasteiger partial charge on any atom is 0.224 e. The third-order valence-corrected chi connectivity index (χ3v) is 3.46. The van der Waals surface area contributed by atoms with Crippen LogP contribution in [0.2, 0.25) is 0 Å². The van der Waals surface area contributed by atoms with E-state index in [0.717, 1.165) is 37.2 Å². The van der Waals surface area contributed by atoms with E-state index in [2.05, 4.69) is 15.7 Å². The van der Waals surface area contributed by atoms with E-state index < -0.39 is 0 Å². The molecule has 0 spiro atoms. The number of aromatic nitrogens is 2. The minimum absolute atomic E-state index is 0.126. The molecule has 1 aromatic rings. The molecule has 17 heavy (non-hydrogen) atoms. The normalized spacial score (nSPS) is 20.2. The maximum atomic E-state index is 11.9. The molecule has 0 aromatic carbocycles. The molecule has 0 unspecified atom stereocenters. The second kappa shape index (κ2) is 5.31. The lowest BCUT2D eigenvalue weighted by Gasteiger charge is -2.21. The molecular formula is C12H20N4O. The van der Waals surface area contributed by atoms with Crippen molar-refractivity contribution in [2.75, 3.05) is 13.1 Å². The van der Waals surface area contributed by atoms with Crippen molar-refractivity contribution in [3.8, 4) is 0 Å². The van der Waals surface area contributed by atoms with E-state index in [4.69, 9.17) is 0 Å². The summed E-state index contributed by atoms with van der Waals surface area (Å²) in [6.07, 6.45) is 3.89. The first-order valence-electron chi connectivity index (χ1n) is 6.14. The van der Waals surface area contributed by atoms with Gasteiger partial charge in [-0.1, -0.05) is 0 Å². The van der Waals surface area contributed by atoms with Gasteiger partial charge in [-0.15, -0.1) is 0 Å². The van der Waals surface area contributed by atoms with Crippen molar-refractivity contribution in [1.82, 2.24) is 20.4 Å². The van der Waals surface area contributed by atoms with Gasteiger partial charge in [0.05, 0.1) is 12.1 Å². The molecule has 0 aliphatic carbocycles. The van der Waals surface area contributed by atoms with Crippen molar-refractivity contribution >= 4 is 5.91 Å². The van der Waals surface area contributed by atoms with E-state index in [1.165, 1.54) is 0 Å². The molecule has 2 heterocycles. The van der Waals surface area contributed by atoms with Gasteiger partial charge in [0.2, 0.25) is 5.91 Å². The largest absolute Gasteiger partial charge is 0.352 e. The molecule has 0 radical (unpaired) electrons.